The Morgan fingerprint density at radius 1 is 1.80 bits per heavy atom. The number of aliphatic hydroxyl groups is 1. The van der Waals surface area contributed by atoms with Gasteiger partial charge in [0.1, 0.15) is 11.9 Å². The first-order chi connectivity index (χ1) is 4.22. The average molecular weight is 148 g/mol. The third-order valence-corrected chi connectivity index (χ3v) is 0.969. The van der Waals surface area contributed by atoms with E-state index in [1.54, 1.807) is 7.05 Å². The molecule has 0 radical (unpaired) electrons. The Bertz CT molecular complexity index is 104. The summed E-state index contributed by atoms with van der Waals surface area (Å²) in [6.45, 7) is 1.84. The van der Waals surface area contributed by atoms with Crippen molar-refractivity contribution in [1.29, 1.82) is 0 Å². The van der Waals surface area contributed by atoms with E-state index in [0.717, 1.165) is 0 Å². The van der Waals surface area contributed by atoms with E-state index >= 15 is 0 Å². The van der Waals surface area contributed by atoms with Gasteiger partial charge < -0.3 is 22.4 Å². The first-order valence-corrected chi connectivity index (χ1v) is 2.90. The van der Waals surface area contributed by atoms with E-state index < -0.39 is 6.10 Å². The molecule has 1 unspecified atom stereocenters. The minimum absolute atomic E-state index is 0. The molecule has 0 saturated heterocycles. The summed E-state index contributed by atoms with van der Waals surface area (Å²) in [4.78, 5) is 0. The van der Waals surface area contributed by atoms with Crippen molar-refractivity contribution < 1.29 is 5.11 Å². The molecule has 0 aromatic heterocycles. The van der Waals surface area contributed by atoms with Crippen LogP contribution in [0.15, 0.2) is 5.10 Å². The zero-order chi connectivity index (χ0) is 7.28. The fourth-order valence-corrected chi connectivity index (χ4v) is 0.413. The largest absolute Gasteiger partial charge is 0.385 e. The van der Waals surface area contributed by atoms with Crippen LogP contribution in [-0.2, 0) is 0 Å². The van der Waals surface area contributed by atoms with E-state index in [9.17, 15) is 0 Å². The van der Waals surface area contributed by atoms with Gasteiger partial charge in [-0.05, 0) is 6.42 Å². The monoisotopic (exact) mass is 148 g/mol. The second-order valence-corrected chi connectivity index (χ2v) is 1.68. The Morgan fingerprint density at radius 2 is 2.30 bits per heavy atom. The lowest BCUT2D eigenvalue weighted by molar-refractivity contribution is 0.235. The van der Waals surface area contributed by atoms with Crippen LogP contribution >= 0.6 is 0 Å². The Hall–Kier alpha value is -0.810. The van der Waals surface area contributed by atoms with Crippen LogP contribution in [0.1, 0.15) is 13.3 Å². The van der Waals surface area contributed by atoms with Crippen molar-refractivity contribution in [2.24, 2.45) is 10.8 Å². The van der Waals surface area contributed by atoms with E-state index in [1.807, 2.05) is 6.92 Å². The highest BCUT2D eigenvalue weighted by atomic mass is 16.3. The number of nitrogens with zero attached hydrogens (tertiary/aromatic N) is 1. The smallest absolute Gasteiger partial charge is 0.148 e. The molecule has 10 heavy (non-hydrogen) atoms. The maximum atomic E-state index is 8.96. The molecule has 0 amide bonds. The SMILES string of the molecule is CCC(O)/C(N)=N/NC.N. The lowest BCUT2D eigenvalue weighted by Crippen LogP contribution is -2.29. The highest BCUT2D eigenvalue weighted by molar-refractivity contribution is 5.84. The van der Waals surface area contributed by atoms with E-state index in [1.165, 1.54) is 0 Å². The summed E-state index contributed by atoms with van der Waals surface area (Å²) in [5, 5.41) is 12.6. The normalized spacial score (nSPS) is 13.7. The van der Waals surface area contributed by atoms with E-state index in [0.29, 0.717) is 6.42 Å². The third-order valence-electron chi connectivity index (χ3n) is 0.969. The summed E-state index contributed by atoms with van der Waals surface area (Å²) in [5.74, 6) is 0.236. The summed E-state index contributed by atoms with van der Waals surface area (Å²) in [7, 11) is 1.63. The Balaban J connectivity index is 0. The molecule has 0 fully saturated rings. The van der Waals surface area contributed by atoms with E-state index in [4.69, 9.17) is 10.8 Å². The Morgan fingerprint density at radius 3 is 2.60 bits per heavy atom. The van der Waals surface area contributed by atoms with Crippen LogP contribution in [0.25, 0.3) is 0 Å². The molecule has 0 spiro atoms. The molecule has 0 aliphatic rings. The molecule has 0 bridgehead atoms. The van der Waals surface area contributed by atoms with Gasteiger partial charge in [-0.3, -0.25) is 0 Å². The third kappa shape index (κ3) is 4.11. The number of hydrazone groups is 1. The maximum Gasteiger partial charge on any atom is 0.148 e. The minimum Gasteiger partial charge on any atom is -0.385 e. The average Bonchev–Trinajstić information content (AvgIpc) is 1.87. The molecule has 62 valence electrons. The maximum absolute atomic E-state index is 8.96. The summed E-state index contributed by atoms with van der Waals surface area (Å²) >= 11 is 0. The van der Waals surface area contributed by atoms with Crippen LogP contribution < -0.4 is 17.3 Å². The molecule has 0 aliphatic heterocycles. The standard InChI is InChI=1S/C5H13N3O.H3N/c1-3-4(9)5(6)8-7-2;/h4,7,9H,3H2,1-2H3,(H2,6,8);1H3. The molecule has 0 heterocycles. The zero-order valence-corrected chi connectivity index (χ0v) is 6.46. The van der Waals surface area contributed by atoms with Gasteiger partial charge in [0.05, 0.1) is 0 Å². The number of aliphatic hydroxyl groups excluding tert-OH is 1. The van der Waals surface area contributed by atoms with Crippen molar-refractivity contribution >= 4 is 5.84 Å². The number of rotatable bonds is 3. The van der Waals surface area contributed by atoms with E-state index in [2.05, 4.69) is 10.5 Å². The fraction of sp³-hybridized carbons (Fsp3) is 0.800. The van der Waals surface area contributed by atoms with Crippen molar-refractivity contribution in [3.05, 3.63) is 0 Å². The molecule has 0 saturated carbocycles. The van der Waals surface area contributed by atoms with Crippen molar-refractivity contribution in [2.75, 3.05) is 7.05 Å². The summed E-state index contributed by atoms with van der Waals surface area (Å²) in [6.07, 6.45) is -0.0192. The molecule has 0 aromatic carbocycles. The van der Waals surface area contributed by atoms with Crippen molar-refractivity contribution in [2.45, 2.75) is 19.4 Å². The van der Waals surface area contributed by atoms with Gasteiger partial charge in [-0.2, -0.15) is 5.10 Å². The van der Waals surface area contributed by atoms with Crippen molar-refractivity contribution in [3.8, 4) is 0 Å². The highest BCUT2D eigenvalue weighted by Gasteiger charge is 2.03. The van der Waals surface area contributed by atoms with Crippen LogP contribution in [0, 0.1) is 0 Å². The topological polar surface area (TPSA) is 106 Å². The fourth-order valence-electron chi connectivity index (χ4n) is 0.413. The van der Waals surface area contributed by atoms with Crippen LogP contribution in [0.4, 0.5) is 0 Å². The van der Waals surface area contributed by atoms with Gasteiger partial charge >= 0.3 is 0 Å². The molecule has 5 heteroatoms. The quantitative estimate of drug-likeness (QED) is 0.244. The van der Waals surface area contributed by atoms with Gasteiger partial charge in [-0.1, -0.05) is 6.92 Å². The molecule has 7 N–H and O–H groups in total. The molecule has 5 nitrogen and oxygen atoms in total. The number of nitrogens with two attached hydrogens (primary N) is 1. The van der Waals surface area contributed by atoms with E-state index in [-0.39, 0.29) is 12.0 Å². The van der Waals surface area contributed by atoms with Gasteiger partial charge in [0, 0.05) is 7.05 Å². The van der Waals surface area contributed by atoms with Gasteiger partial charge in [-0.25, -0.2) is 0 Å². The Labute approximate surface area is 60.9 Å². The van der Waals surface area contributed by atoms with Crippen LogP contribution in [0.2, 0.25) is 0 Å². The first kappa shape index (κ1) is 11.9. The van der Waals surface area contributed by atoms with Crippen LogP contribution in [0.5, 0.6) is 0 Å². The van der Waals surface area contributed by atoms with Gasteiger partial charge in [-0.15, -0.1) is 0 Å². The van der Waals surface area contributed by atoms with Gasteiger partial charge in [0.25, 0.3) is 0 Å². The molecule has 0 aromatic rings. The Kier molecular flexibility index (Phi) is 7.53. The van der Waals surface area contributed by atoms with Crippen molar-refractivity contribution in [1.82, 2.24) is 11.6 Å². The summed E-state index contributed by atoms with van der Waals surface area (Å²) in [6, 6.07) is 0. The lowest BCUT2D eigenvalue weighted by atomic mass is 10.3. The first-order valence-electron chi connectivity index (χ1n) is 2.90. The predicted molar refractivity (Wildman–Crippen MR) is 42.0 cm³/mol. The predicted octanol–water partition coefficient (Wildman–Crippen LogP) is -0.589. The number of hydrogen-bond donors (Lipinski definition) is 4. The molecular formula is C5H16N4O. The molecule has 1 atom stereocenters. The number of nitrogens with one attached hydrogen (secondary N) is 1. The minimum atomic E-state index is -0.613. The summed E-state index contributed by atoms with van der Waals surface area (Å²) < 4.78 is 0. The number of hydrogen-bond acceptors (Lipinski definition) is 4. The highest BCUT2D eigenvalue weighted by Crippen LogP contribution is 1.87. The molecule has 0 aliphatic carbocycles. The van der Waals surface area contributed by atoms with Gasteiger partial charge in [0.2, 0.25) is 0 Å². The van der Waals surface area contributed by atoms with Crippen molar-refractivity contribution in [3.63, 3.8) is 0 Å². The molecule has 0 rings (SSSR count). The van der Waals surface area contributed by atoms with Gasteiger partial charge in [0.15, 0.2) is 0 Å². The summed E-state index contributed by atoms with van der Waals surface area (Å²) in [5.41, 5.74) is 7.76. The van der Waals surface area contributed by atoms with Crippen LogP contribution in [0.3, 0.4) is 0 Å². The molecular weight excluding hydrogens is 132 g/mol. The lowest BCUT2D eigenvalue weighted by Gasteiger charge is -2.04. The second-order valence-electron chi connectivity index (χ2n) is 1.68. The second kappa shape index (κ2) is 6.31. The zero-order valence-electron chi connectivity index (χ0n) is 6.46. The number of amidine groups is 1. The van der Waals surface area contributed by atoms with Crippen LogP contribution in [-0.4, -0.2) is 24.1 Å².